The third-order valence-corrected chi connectivity index (χ3v) is 5.77. The second-order valence-electron chi connectivity index (χ2n) is 8.04. The number of benzene rings is 1. The highest BCUT2D eigenvalue weighted by Crippen LogP contribution is 2.31. The van der Waals surface area contributed by atoms with E-state index < -0.39 is 23.9 Å². The van der Waals surface area contributed by atoms with E-state index in [2.05, 4.69) is 20.2 Å². The number of amides is 1. The van der Waals surface area contributed by atoms with E-state index in [9.17, 15) is 19.5 Å². The Bertz CT molecular complexity index is 1210. The van der Waals surface area contributed by atoms with Crippen LogP contribution in [0.4, 0.5) is 5.69 Å². The Morgan fingerprint density at radius 3 is 2.56 bits per heavy atom. The van der Waals surface area contributed by atoms with Crippen LogP contribution in [0.15, 0.2) is 60.9 Å². The number of carbonyl (C=O) groups excluding carboxylic acids is 1. The van der Waals surface area contributed by atoms with Crippen molar-refractivity contribution in [2.45, 2.75) is 12.6 Å². The summed E-state index contributed by atoms with van der Waals surface area (Å²) in [5.74, 6) is -2.75. The van der Waals surface area contributed by atoms with Gasteiger partial charge in [-0.15, -0.1) is 0 Å². The first kappa shape index (κ1) is 23.1. The third-order valence-electron chi connectivity index (χ3n) is 5.77. The molecule has 0 spiro atoms. The van der Waals surface area contributed by atoms with Crippen molar-refractivity contribution < 1.29 is 24.6 Å². The molecule has 0 radical (unpaired) electrons. The average molecular weight is 463 g/mol. The van der Waals surface area contributed by atoms with Crippen molar-refractivity contribution in [2.24, 2.45) is 0 Å². The molecule has 1 saturated heterocycles. The second kappa shape index (κ2) is 10.3. The number of rotatable bonds is 8. The number of carboxylic acids is 2. The van der Waals surface area contributed by atoms with E-state index in [4.69, 9.17) is 5.11 Å². The molecule has 3 heterocycles. The van der Waals surface area contributed by atoms with Crippen LogP contribution in [-0.2, 0) is 20.9 Å². The van der Waals surface area contributed by atoms with Gasteiger partial charge in [-0.1, -0.05) is 6.07 Å². The number of nitrogens with one attached hydrogen (secondary N) is 2. The fraction of sp³-hybridized carbons (Fsp3) is 0.250. The molecule has 0 saturated carbocycles. The predicted molar refractivity (Wildman–Crippen MR) is 125 cm³/mol. The minimum atomic E-state index is -1.22. The summed E-state index contributed by atoms with van der Waals surface area (Å²) in [6, 6.07) is 10.1. The number of pyridine rings is 1. The van der Waals surface area contributed by atoms with E-state index in [1.165, 1.54) is 0 Å². The summed E-state index contributed by atoms with van der Waals surface area (Å²) in [7, 11) is 0. The quantitative estimate of drug-likeness (QED) is 0.373. The zero-order valence-electron chi connectivity index (χ0n) is 18.3. The first-order chi connectivity index (χ1) is 16.4. The van der Waals surface area contributed by atoms with Crippen LogP contribution in [0.2, 0.25) is 0 Å². The summed E-state index contributed by atoms with van der Waals surface area (Å²) in [5.41, 5.74) is 2.78. The van der Waals surface area contributed by atoms with Gasteiger partial charge in [-0.25, -0.2) is 4.79 Å². The molecule has 0 aliphatic carbocycles. The van der Waals surface area contributed by atoms with Gasteiger partial charge in [-0.05, 0) is 30.3 Å². The van der Waals surface area contributed by atoms with Gasteiger partial charge in [0.05, 0.1) is 5.69 Å². The number of aromatic amines is 1. The number of aliphatic carboxylic acids is 2. The number of carbonyl (C=O) groups is 3. The lowest BCUT2D eigenvalue weighted by atomic mass is 10.0. The van der Waals surface area contributed by atoms with Crippen LogP contribution in [0, 0.1) is 0 Å². The van der Waals surface area contributed by atoms with Gasteiger partial charge in [0.2, 0.25) is 5.91 Å². The molecule has 0 bridgehead atoms. The molecule has 10 heteroatoms. The van der Waals surface area contributed by atoms with Gasteiger partial charge in [0.1, 0.15) is 6.04 Å². The van der Waals surface area contributed by atoms with Crippen molar-refractivity contribution >= 4 is 34.4 Å². The Morgan fingerprint density at radius 1 is 1.09 bits per heavy atom. The minimum absolute atomic E-state index is 0.442. The fourth-order valence-corrected chi connectivity index (χ4v) is 4.16. The SMILES string of the molecule is O=C(O)/C=C/C(=O)Nc1ccc2[nH]cc(C(C(=O)O)N3CCN(Cc4ccccn4)CC3)c2c1. The van der Waals surface area contributed by atoms with Gasteiger partial charge in [0.15, 0.2) is 0 Å². The summed E-state index contributed by atoms with van der Waals surface area (Å²) >= 11 is 0. The molecule has 2 aromatic heterocycles. The molecule has 1 aliphatic rings. The van der Waals surface area contributed by atoms with Crippen LogP contribution in [0.3, 0.4) is 0 Å². The summed E-state index contributed by atoms with van der Waals surface area (Å²) in [5, 5.41) is 22.0. The van der Waals surface area contributed by atoms with E-state index in [1.807, 2.05) is 23.1 Å². The van der Waals surface area contributed by atoms with Crippen LogP contribution >= 0.6 is 0 Å². The van der Waals surface area contributed by atoms with E-state index >= 15 is 0 Å². The Balaban J connectivity index is 1.50. The summed E-state index contributed by atoms with van der Waals surface area (Å²) in [6.07, 6.45) is 5.14. The van der Waals surface area contributed by atoms with E-state index in [-0.39, 0.29) is 0 Å². The molecule has 1 atom stereocenters. The summed E-state index contributed by atoms with van der Waals surface area (Å²) in [6.45, 7) is 3.35. The normalized spacial score (nSPS) is 16.0. The van der Waals surface area contributed by atoms with Crippen molar-refractivity contribution in [3.8, 4) is 0 Å². The van der Waals surface area contributed by atoms with Gasteiger partial charge in [-0.3, -0.25) is 24.4 Å². The first-order valence-electron chi connectivity index (χ1n) is 10.8. The summed E-state index contributed by atoms with van der Waals surface area (Å²) in [4.78, 5) is 46.5. The molecule has 3 aromatic rings. The van der Waals surface area contributed by atoms with Crippen molar-refractivity contribution in [1.82, 2.24) is 19.8 Å². The van der Waals surface area contributed by atoms with Crippen molar-refractivity contribution in [1.29, 1.82) is 0 Å². The summed E-state index contributed by atoms with van der Waals surface area (Å²) < 4.78 is 0. The molecule has 1 amide bonds. The van der Waals surface area contributed by atoms with Crippen LogP contribution in [0.1, 0.15) is 17.3 Å². The Hall–Kier alpha value is -4.02. The van der Waals surface area contributed by atoms with Crippen LogP contribution in [0.25, 0.3) is 10.9 Å². The van der Waals surface area contributed by atoms with Crippen molar-refractivity contribution in [3.05, 3.63) is 72.2 Å². The lowest BCUT2D eigenvalue weighted by Crippen LogP contribution is -2.48. The fourth-order valence-electron chi connectivity index (χ4n) is 4.16. The molecule has 176 valence electrons. The number of H-pyrrole nitrogens is 1. The smallest absolute Gasteiger partial charge is 0.328 e. The third kappa shape index (κ3) is 5.48. The predicted octanol–water partition coefficient (Wildman–Crippen LogP) is 2.09. The standard InChI is InChI=1S/C24H25N5O5/c30-21(6-7-22(31)32)27-16-4-5-20-18(13-16)19(14-26-20)23(24(33)34)29-11-9-28(10-12-29)15-17-3-1-2-8-25-17/h1-8,13-14,23,26H,9-12,15H2,(H,27,30)(H,31,32)(H,33,34)/b7-6+. The number of nitrogens with zero attached hydrogens (tertiary/aromatic N) is 3. The van der Waals surface area contributed by atoms with Crippen molar-refractivity contribution in [2.75, 3.05) is 31.5 Å². The van der Waals surface area contributed by atoms with Gasteiger partial charge >= 0.3 is 11.9 Å². The number of hydrogen-bond donors (Lipinski definition) is 4. The molecule has 1 aromatic carbocycles. The second-order valence-corrected chi connectivity index (χ2v) is 8.04. The van der Waals surface area contributed by atoms with Gasteiger partial charge in [0, 0.05) is 79.4 Å². The Labute approximate surface area is 195 Å². The van der Waals surface area contributed by atoms with E-state index in [0.717, 1.165) is 43.0 Å². The van der Waals surface area contributed by atoms with E-state index in [0.29, 0.717) is 29.7 Å². The highest BCUT2D eigenvalue weighted by molar-refractivity contribution is 6.03. The lowest BCUT2D eigenvalue weighted by molar-refractivity contribution is -0.144. The number of aromatic nitrogens is 2. The molecular formula is C24H25N5O5. The largest absolute Gasteiger partial charge is 0.480 e. The Kier molecular flexibility index (Phi) is 7.00. The van der Waals surface area contributed by atoms with Gasteiger partial charge < -0.3 is 20.5 Å². The van der Waals surface area contributed by atoms with E-state index in [1.54, 1.807) is 30.6 Å². The topological polar surface area (TPSA) is 139 Å². The van der Waals surface area contributed by atoms with Crippen molar-refractivity contribution in [3.63, 3.8) is 0 Å². The monoisotopic (exact) mass is 463 g/mol. The number of piperazine rings is 1. The zero-order valence-corrected chi connectivity index (χ0v) is 18.3. The molecule has 1 aliphatic heterocycles. The maximum Gasteiger partial charge on any atom is 0.328 e. The molecular weight excluding hydrogens is 438 g/mol. The zero-order chi connectivity index (χ0) is 24.1. The molecule has 1 unspecified atom stereocenters. The van der Waals surface area contributed by atoms with Gasteiger partial charge in [0.25, 0.3) is 0 Å². The highest BCUT2D eigenvalue weighted by atomic mass is 16.4. The number of anilines is 1. The van der Waals surface area contributed by atoms with Crippen LogP contribution < -0.4 is 5.32 Å². The van der Waals surface area contributed by atoms with Gasteiger partial charge in [-0.2, -0.15) is 0 Å². The van der Waals surface area contributed by atoms with Crippen LogP contribution in [0.5, 0.6) is 0 Å². The molecule has 34 heavy (non-hydrogen) atoms. The molecule has 4 rings (SSSR count). The Morgan fingerprint density at radius 2 is 1.88 bits per heavy atom. The average Bonchev–Trinajstić information content (AvgIpc) is 3.22. The lowest BCUT2D eigenvalue weighted by Gasteiger charge is -2.37. The number of fused-ring (bicyclic) bond motifs is 1. The number of carboxylic acid groups (broad SMARTS) is 2. The highest BCUT2D eigenvalue weighted by Gasteiger charge is 2.32. The number of hydrogen-bond acceptors (Lipinski definition) is 6. The molecule has 10 nitrogen and oxygen atoms in total. The molecule has 1 fully saturated rings. The first-order valence-corrected chi connectivity index (χ1v) is 10.8. The maximum atomic E-state index is 12.3. The maximum absolute atomic E-state index is 12.3. The minimum Gasteiger partial charge on any atom is -0.480 e. The van der Waals surface area contributed by atoms with Crippen LogP contribution in [-0.4, -0.2) is 74.0 Å². The molecule has 4 N–H and O–H groups in total.